The summed E-state index contributed by atoms with van der Waals surface area (Å²) in [7, 11) is 1.44. The molecule has 0 radical (unpaired) electrons. The number of carbonyl (C=O) groups is 5. The summed E-state index contributed by atoms with van der Waals surface area (Å²) in [4.78, 5) is 61.4. The molecule has 10 nitrogen and oxygen atoms in total. The minimum absolute atomic E-state index is 0.105. The van der Waals surface area contributed by atoms with Gasteiger partial charge in [-0.1, -0.05) is 12.1 Å². The van der Waals surface area contributed by atoms with Gasteiger partial charge in [0.15, 0.2) is 6.61 Å². The Morgan fingerprint density at radius 1 is 1.18 bits per heavy atom. The van der Waals surface area contributed by atoms with Crippen molar-refractivity contribution in [1.82, 2.24) is 15.1 Å². The van der Waals surface area contributed by atoms with Crippen molar-refractivity contribution in [2.45, 2.75) is 18.9 Å². The third kappa shape index (κ3) is 4.64. The van der Waals surface area contributed by atoms with Gasteiger partial charge in [-0.05, 0) is 25.0 Å². The molecule has 0 aromatic heterocycles. The van der Waals surface area contributed by atoms with Gasteiger partial charge in [0, 0.05) is 13.1 Å². The number of amides is 5. The van der Waals surface area contributed by atoms with E-state index in [0.29, 0.717) is 11.3 Å². The van der Waals surface area contributed by atoms with Gasteiger partial charge in [-0.15, -0.1) is 0 Å². The highest BCUT2D eigenvalue weighted by Gasteiger charge is 2.35. The summed E-state index contributed by atoms with van der Waals surface area (Å²) < 4.78 is 4.83. The number of imide groups is 1. The van der Waals surface area contributed by atoms with E-state index in [0.717, 1.165) is 17.7 Å². The number of nitrogens with zero attached hydrogens (tertiary/aromatic N) is 2. The molecule has 1 aromatic carbocycles. The molecule has 1 aromatic rings. The largest absolute Gasteiger partial charge is 0.454 e. The van der Waals surface area contributed by atoms with Gasteiger partial charge in [0.25, 0.3) is 17.7 Å². The van der Waals surface area contributed by atoms with Crippen LogP contribution in [0.25, 0.3) is 0 Å². The lowest BCUT2D eigenvalue weighted by Crippen LogP contribution is -2.37. The molecule has 1 saturated carbocycles. The third-order valence-corrected chi connectivity index (χ3v) is 4.24. The van der Waals surface area contributed by atoms with E-state index in [4.69, 9.17) is 4.74 Å². The van der Waals surface area contributed by atoms with Crippen LogP contribution in [0.2, 0.25) is 0 Å². The van der Waals surface area contributed by atoms with Crippen molar-refractivity contribution in [3.63, 3.8) is 0 Å². The zero-order chi connectivity index (χ0) is 20.3. The molecule has 28 heavy (non-hydrogen) atoms. The first-order chi connectivity index (χ1) is 13.3. The summed E-state index contributed by atoms with van der Waals surface area (Å²) >= 11 is 0. The molecule has 1 saturated heterocycles. The van der Waals surface area contributed by atoms with Crippen LogP contribution in [-0.2, 0) is 19.1 Å². The molecule has 0 bridgehead atoms. The number of likely N-dealkylation sites (N-methyl/N-ethyl adjacent to an activating group) is 1. The average molecular weight is 388 g/mol. The first-order valence-corrected chi connectivity index (χ1v) is 8.76. The van der Waals surface area contributed by atoms with Gasteiger partial charge in [-0.2, -0.15) is 0 Å². The SMILES string of the molecule is CN1CC(=O)N(CC(=O)OCC(=O)Nc2ccccc2C(=O)NC2CC2)C1=O. The third-order valence-electron chi connectivity index (χ3n) is 4.24. The fourth-order valence-corrected chi connectivity index (χ4v) is 2.61. The van der Waals surface area contributed by atoms with Crippen molar-refractivity contribution in [3.05, 3.63) is 29.8 Å². The van der Waals surface area contributed by atoms with Gasteiger partial charge in [0.05, 0.1) is 11.3 Å². The molecule has 3 rings (SSSR count). The second-order valence-electron chi connectivity index (χ2n) is 6.62. The van der Waals surface area contributed by atoms with Crippen molar-refractivity contribution in [2.75, 3.05) is 32.1 Å². The Morgan fingerprint density at radius 3 is 2.54 bits per heavy atom. The van der Waals surface area contributed by atoms with E-state index in [9.17, 15) is 24.0 Å². The van der Waals surface area contributed by atoms with Crippen LogP contribution in [0.1, 0.15) is 23.2 Å². The number of para-hydroxylation sites is 1. The number of esters is 1. The van der Waals surface area contributed by atoms with Gasteiger partial charge in [-0.3, -0.25) is 24.1 Å². The molecular formula is C18H20N4O6. The van der Waals surface area contributed by atoms with Gasteiger partial charge >= 0.3 is 12.0 Å². The van der Waals surface area contributed by atoms with Gasteiger partial charge in [-0.25, -0.2) is 4.79 Å². The maximum Gasteiger partial charge on any atom is 0.327 e. The molecule has 2 aliphatic rings. The zero-order valence-electron chi connectivity index (χ0n) is 15.3. The average Bonchev–Trinajstić information content (AvgIpc) is 3.44. The number of anilines is 1. The van der Waals surface area contributed by atoms with Crippen LogP contribution >= 0.6 is 0 Å². The smallest absolute Gasteiger partial charge is 0.327 e. The summed E-state index contributed by atoms with van der Waals surface area (Å²) in [5, 5.41) is 5.36. The predicted octanol–water partition coefficient (Wildman–Crippen LogP) is -0.0455. The van der Waals surface area contributed by atoms with Crippen molar-refractivity contribution >= 4 is 35.4 Å². The highest BCUT2D eigenvalue weighted by Crippen LogP contribution is 2.21. The van der Waals surface area contributed by atoms with E-state index in [1.54, 1.807) is 24.3 Å². The Balaban J connectivity index is 1.50. The number of benzene rings is 1. The van der Waals surface area contributed by atoms with Crippen molar-refractivity contribution in [1.29, 1.82) is 0 Å². The second kappa shape index (κ2) is 8.07. The Hall–Kier alpha value is -3.43. The lowest BCUT2D eigenvalue weighted by atomic mass is 10.1. The molecule has 2 N–H and O–H groups in total. The number of rotatable bonds is 7. The van der Waals surface area contributed by atoms with Crippen LogP contribution in [0.3, 0.4) is 0 Å². The van der Waals surface area contributed by atoms with Crippen LogP contribution in [0, 0.1) is 0 Å². The summed E-state index contributed by atoms with van der Waals surface area (Å²) in [6.45, 7) is -1.27. The van der Waals surface area contributed by atoms with Crippen LogP contribution in [0.5, 0.6) is 0 Å². The summed E-state index contributed by atoms with van der Waals surface area (Å²) in [5.74, 6) is -2.32. The van der Waals surface area contributed by atoms with Crippen LogP contribution in [-0.4, -0.2) is 72.3 Å². The lowest BCUT2D eigenvalue weighted by molar-refractivity contribution is -0.149. The highest BCUT2D eigenvalue weighted by atomic mass is 16.5. The quantitative estimate of drug-likeness (QED) is 0.499. The normalized spacial score (nSPS) is 16.2. The fourth-order valence-electron chi connectivity index (χ4n) is 2.61. The highest BCUT2D eigenvalue weighted by molar-refractivity contribution is 6.05. The molecule has 0 atom stereocenters. The van der Waals surface area contributed by atoms with Crippen molar-refractivity contribution < 1.29 is 28.7 Å². The number of urea groups is 1. The maximum atomic E-state index is 12.2. The molecule has 148 valence electrons. The minimum atomic E-state index is -0.882. The first kappa shape index (κ1) is 19.3. The van der Waals surface area contributed by atoms with Gasteiger partial charge < -0.3 is 20.3 Å². The molecule has 5 amide bonds. The number of hydrogen-bond acceptors (Lipinski definition) is 6. The molecule has 1 aliphatic carbocycles. The van der Waals surface area contributed by atoms with E-state index in [-0.39, 0.29) is 18.5 Å². The molecule has 0 spiro atoms. The Labute approximate surface area is 160 Å². The summed E-state index contributed by atoms with van der Waals surface area (Å²) in [5.41, 5.74) is 0.610. The summed E-state index contributed by atoms with van der Waals surface area (Å²) in [6, 6.07) is 6.07. The predicted molar refractivity (Wildman–Crippen MR) is 96.3 cm³/mol. The number of nitrogens with one attached hydrogen (secondary N) is 2. The van der Waals surface area contributed by atoms with E-state index in [1.165, 1.54) is 11.9 Å². The molecule has 0 unspecified atom stereocenters. The number of carbonyl (C=O) groups excluding carboxylic acids is 5. The molecule has 1 aliphatic heterocycles. The first-order valence-electron chi connectivity index (χ1n) is 8.76. The molecule has 2 fully saturated rings. The van der Waals surface area contributed by atoms with Crippen LogP contribution < -0.4 is 10.6 Å². The van der Waals surface area contributed by atoms with Crippen LogP contribution in [0.4, 0.5) is 10.5 Å². The number of hydrogen-bond donors (Lipinski definition) is 2. The zero-order valence-corrected chi connectivity index (χ0v) is 15.3. The van der Waals surface area contributed by atoms with E-state index < -0.39 is 37.0 Å². The Morgan fingerprint density at radius 2 is 1.89 bits per heavy atom. The topological polar surface area (TPSA) is 125 Å². The van der Waals surface area contributed by atoms with E-state index in [2.05, 4.69) is 10.6 Å². The fraction of sp³-hybridized carbons (Fsp3) is 0.389. The Kier molecular flexibility index (Phi) is 5.57. The molecule has 1 heterocycles. The molecular weight excluding hydrogens is 368 g/mol. The lowest BCUT2D eigenvalue weighted by Gasteiger charge is -2.14. The van der Waals surface area contributed by atoms with Gasteiger partial charge in [0.1, 0.15) is 13.1 Å². The number of ether oxygens (including phenoxy) is 1. The monoisotopic (exact) mass is 388 g/mol. The van der Waals surface area contributed by atoms with Crippen molar-refractivity contribution in [3.8, 4) is 0 Å². The standard InChI is InChI=1S/C18H20N4O6/c1-21-8-15(24)22(18(21)27)9-16(25)28-10-14(23)20-13-5-3-2-4-12(13)17(26)19-11-6-7-11/h2-5,11H,6-10H2,1H3,(H,19,26)(H,20,23). The van der Waals surface area contributed by atoms with E-state index in [1.807, 2.05) is 0 Å². The minimum Gasteiger partial charge on any atom is -0.454 e. The Bertz CT molecular complexity index is 835. The van der Waals surface area contributed by atoms with Gasteiger partial charge in [0.2, 0.25) is 0 Å². The summed E-state index contributed by atoms with van der Waals surface area (Å²) in [6.07, 6.45) is 1.88. The molecule has 10 heteroatoms. The van der Waals surface area contributed by atoms with Crippen molar-refractivity contribution in [2.24, 2.45) is 0 Å². The van der Waals surface area contributed by atoms with E-state index >= 15 is 0 Å². The van der Waals surface area contributed by atoms with Crippen LogP contribution in [0.15, 0.2) is 24.3 Å². The second-order valence-corrected chi connectivity index (χ2v) is 6.62. The maximum absolute atomic E-state index is 12.2.